The first-order chi connectivity index (χ1) is 13.6. The zero-order chi connectivity index (χ0) is 19.5. The lowest BCUT2D eigenvalue weighted by atomic mass is 10.1. The number of rotatable bonds is 3. The molecule has 1 aromatic carbocycles. The van der Waals surface area contributed by atoms with Gasteiger partial charge in [0, 0.05) is 51.0 Å². The molecule has 2 aliphatic heterocycles. The highest BCUT2D eigenvalue weighted by molar-refractivity contribution is 5.60. The summed E-state index contributed by atoms with van der Waals surface area (Å²) in [7, 11) is 0. The summed E-state index contributed by atoms with van der Waals surface area (Å²) in [5.41, 5.74) is 2.09. The molecule has 3 heterocycles. The van der Waals surface area contributed by atoms with E-state index in [-0.39, 0.29) is 5.82 Å². The van der Waals surface area contributed by atoms with Crippen molar-refractivity contribution in [3.8, 4) is 6.07 Å². The van der Waals surface area contributed by atoms with Crippen LogP contribution in [0.5, 0.6) is 0 Å². The molecular formula is C20H23FN6O. The molecule has 146 valence electrons. The molecule has 0 bridgehead atoms. The molecule has 2 saturated heterocycles. The topological polar surface area (TPSA) is 68.5 Å². The van der Waals surface area contributed by atoms with Gasteiger partial charge in [0.05, 0.1) is 24.5 Å². The summed E-state index contributed by atoms with van der Waals surface area (Å²) in [4.78, 5) is 15.9. The third kappa shape index (κ3) is 3.85. The maximum Gasteiger partial charge on any atom is 0.227 e. The Kier molecular flexibility index (Phi) is 5.26. The molecule has 0 amide bonds. The van der Waals surface area contributed by atoms with E-state index in [1.807, 2.05) is 13.0 Å². The standard InChI is InChI=1S/C20H23FN6O/c1-15-12-19(26-8-10-28-11-9-26)24-20(23-15)27-6-4-25(5-7-27)18-3-2-17(21)13-16(18)14-22/h2-3,12-13H,4-11H2,1H3. The van der Waals surface area contributed by atoms with Gasteiger partial charge >= 0.3 is 0 Å². The Morgan fingerprint density at radius 1 is 0.964 bits per heavy atom. The number of nitriles is 1. The smallest absolute Gasteiger partial charge is 0.227 e. The molecule has 0 radical (unpaired) electrons. The quantitative estimate of drug-likeness (QED) is 0.804. The molecule has 1 aromatic heterocycles. The maximum absolute atomic E-state index is 13.4. The summed E-state index contributed by atoms with van der Waals surface area (Å²) in [5.74, 6) is 1.29. The van der Waals surface area contributed by atoms with Gasteiger partial charge in [0.2, 0.25) is 5.95 Å². The zero-order valence-corrected chi connectivity index (χ0v) is 15.9. The van der Waals surface area contributed by atoms with Gasteiger partial charge in [0.1, 0.15) is 17.7 Å². The van der Waals surface area contributed by atoms with E-state index in [1.54, 1.807) is 6.07 Å². The SMILES string of the molecule is Cc1cc(N2CCOCC2)nc(N2CCN(c3ccc(F)cc3C#N)CC2)n1. The molecule has 2 fully saturated rings. The summed E-state index contributed by atoms with van der Waals surface area (Å²) in [6, 6.07) is 8.49. The number of benzene rings is 1. The van der Waals surface area contributed by atoms with Crippen LogP contribution in [-0.4, -0.2) is 62.5 Å². The first kappa shape index (κ1) is 18.4. The van der Waals surface area contributed by atoms with Crippen molar-refractivity contribution in [2.24, 2.45) is 0 Å². The highest BCUT2D eigenvalue weighted by Gasteiger charge is 2.23. The molecule has 7 nitrogen and oxygen atoms in total. The molecule has 4 rings (SSSR count). The molecule has 0 N–H and O–H groups in total. The Hall–Kier alpha value is -2.92. The molecule has 2 aromatic rings. The molecular weight excluding hydrogens is 359 g/mol. The van der Waals surface area contributed by atoms with Crippen LogP contribution in [0, 0.1) is 24.1 Å². The maximum atomic E-state index is 13.4. The van der Waals surface area contributed by atoms with Gasteiger partial charge < -0.3 is 19.4 Å². The van der Waals surface area contributed by atoms with Gasteiger partial charge in [-0.3, -0.25) is 0 Å². The van der Waals surface area contributed by atoms with Gasteiger partial charge in [-0.05, 0) is 25.1 Å². The van der Waals surface area contributed by atoms with Gasteiger partial charge in [-0.15, -0.1) is 0 Å². The van der Waals surface area contributed by atoms with E-state index in [1.165, 1.54) is 12.1 Å². The highest BCUT2D eigenvalue weighted by atomic mass is 19.1. The fourth-order valence-electron chi connectivity index (χ4n) is 3.65. The highest BCUT2D eigenvalue weighted by Crippen LogP contribution is 2.24. The number of anilines is 3. The Labute approximate surface area is 164 Å². The van der Waals surface area contributed by atoms with Crippen LogP contribution in [0.1, 0.15) is 11.3 Å². The Balaban J connectivity index is 1.48. The first-order valence-electron chi connectivity index (χ1n) is 9.52. The third-order valence-electron chi connectivity index (χ3n) is 5.15. The van der Waals surface area contributed by atoms with Crippen LogP contribution >= 0.6 is 0 Å². The minimum absolute atomic E-state index is 0.370. The van der Waals surface area contributed by atoms with Crippen molar-refractivity contribution >= 4 is 17.5 Å². The third-order valence-corrected chi connectivity index (χ3v) is 5.15. The van der Waals surface area contributed by atoms with Crippen molar-refractivity contribution in [3.05, 3.63) is 41.3 Å². The first-order valence-corrected chi connectivity index (χ1v) is 9.52. The van der Waals surface area contributed by atoms with E-state index < -0.39 is 0 Å². The van der Waals surface area contributed by atoms with Crippen LogP contribution in [0.3, 0.4) is 0 Å². The Morgan fingerprint density at radius 3 is 2.39 bits per heavy atom. The largest absolute Gasteiger partial charge is 0.378 e. The van der Waals surface area contributed by atoms with Gasteiger partial charge in [0.15, 0.2) is 0 Å². The summed E-state index contributed by atoms with van der Waals surface area (Å²) >= 11 is 0. The number of aromatic nitrogens is 2. The van der Waals surface area contributed by atoms with Gasteiger partial charge in [-0.1, -0.05) is 0 Å². The lowest BCUT2D eigenvalue weighted by Crippen LogP contribution is -2.47. The van der Waals surface area contributed by atoms with E-state index in [0.717, 1.165) is 75.6 Å². The second-order valence-corrected chi connectivity index (χ2v) is 7.01. The minimum atomic E-state index is -0.386. The number of nitrogens with zero attached hydrogens (tertiary/aromatic N) is 6. The van der Waals surface area contributed by atoms with E-state index in [2.05, 4.69) is 25.8 Å². The molecule has 0 unspecified atom stereocenters. The Bertz CT molecular complexity index is 885. The van der Waals surface area contributed by atoms with Crippen molar-refractivity contribution in [1.29, 1.82) is 5.26 Å². The normalized spacial score (nSPS) is 17.5. The van der Waals surface area contributed by atoms with Crippen LogP contribution in [-0.2, 0) is 4.74 Å². The summed E-state index contributed by atoms with van der Waals surface area (Å²) in [5, 5.41) is 9.30. The van der Waals surface area contributed by atoms with E-state index in [9.17, 15) is 9.65 Å². The predicted molar refractivity (Wildman–Crippen MR) is 105 cm³/mol. The average Bonchev–Trinajstić information content (AvgIpc) is 2.74. The van der Waals surface area contributed by atoms with Crippen LogP contribution in [0.15, 0.2) is 24.3 Å². The Morgan fingerprint density at radius 2 is 1.68 bits per heavy atom. The second-order valence-electron chi connectivity index (χ2n) is 7.01. The molecule has 0 saturated carbocycles. The molecule has 0 spiro atoms. The molecule has 2 aliphatic rings. The van der Waals surface area contributed by atoms with E-state index >= 15 is 0 Å². The van der Waals surface area contributed by atoms with Crippen molar-refractivity contribution in [1.82, 2.24) is 9.97 Å². The number of morpholine rings is 1. The van der Waals surface area contributed by atoms with Crippen molar-refractivity contribution < 1.29 is 9.13 Å². The molecule has 0 aliphatic carbocycles. The monoisotopic (exact) mass is 382 g/mol. The molecule has 8 heteroatoms. The van der Waals surface area contributed by atoms with E-state index in [4.69, 9.17) is 9.72 Å². The number of aryl methyl sites for hydroxylation is 1. The average molecular weight is 382 g/mol. The summed E-state index contributed by atoms with van der Waals surface area (Å²) < 4.78 is 18.8. The van der Waals surface area contributed by atoms with Crippen LogP contribution in [0.25, 0.3) is 0 Å². The number of hydrogen-bond donors (Lipinski definition) is 0. The van der Waals surface area contributed by atoms with Crippen LogP contribution < -0.4 is 14.7 Å². The summed E-state index contributed by atoms with van der Waals surface area (Å²) in [6.07, 6.45) is 0. The van der Waals surface area contributed by atoms with Crippen molar-refractivity contribution in [2.75, 3.05) is 67.2 Å². The van der Waals surface area contributed by atoms with Crippen molar-refractivity contribution in [2.45, 2.75) is 6.92 Å². The molecule has 0 atom stereocenters. The minimum Gasteiger partial charge on any atom is -0.378 e. The number of hydrogen-bond acceptors (Lipinski definition) is 7. The number of ether oxygens (including phenoxy) is 1. The fourth-order valence-corrected chi connectivity index (χ4v) is 3.65. The van der Waals surface area contributed by atoms with Gasteiger partial charge in [-0.25, -0.2) is 9.37 Å². The van der Waals surface area contributed by atoms with Crippen LogP contribution in [0.4, 0.5) is 21.8 Å². The lowest BCUT2D eigenvalue weighted by molar-refractivity contribution is 0.122. The lowest BCUT2D eigenvalue weighted by Gasteiger charge is -2.37. The van der Waals surface area contributed by atoms with E-state index in [0.29, 0.717) is 5.56 Å². The van der Waals surface area contributed by atoms with Crippen LogP contribution in [0.2, 0.25) is 0 Å². The second kappa shape index (κ2) is 7.98. The number of halogens is 1. The zero-order valence-electron chi connectivity index (χ0n) is 15.9. The van der Waals surface area contributed by atoms with Crippen molar-refractivity contribution in [3.63, 3.8) is 0 Å². The van der Waals surface area contributed by atoms with Gasteiger partial charge in [0.25, 0.3) is 0 Å². The van der Waals surface area contributed by atoms with Gasteiger partial charge in [-0.2, -0.15) is 10.2 Å². The summed E-state index contributed by atoms with van der Waals surface area (Å²) in [6.45, 7) is 8.04. The number of piperazine rings is 1. The molecule has 28 heavy (non-hydrogen) atoms. The fraction of sp³-hybridized carbons (Fsp3) is 0.450. The predicted octanol–water partition coefficient (Wildman–Crippen LogP) is 1.96.